The fraction of sp³-hybridized carbons (Fsp3) is 0.438. The van der Waals surface area contributed by atoms with Crippen LogP contribution in [0.4, 0.5) is 0 Å². The molecule has 0 spiro atoms. The number of hydrogen-bond acceptors (Lipinski definition) is 2. The molecule has 0 saturated carbocycles. The van der Waals surface area contributed by atoms with Crippen molar-refractivity contribution in [1.82, 2.24) is 9.78 Å². The van der Waals surface area contributed by atoms with E-state index in [9.17, 15) is 0 Å². The molecule has 1 unspecified atom stereocenters. The number of aromatic nitrogens is 2. The highest BCUT2D eigenvalue weighted by molar-refractivity contribution is 5.62. The zero-order valence-electron chi connectivity index (χ0n) is 11.8. The molecule has 0 aliphatic heterocycles. The van der Waals surface area contributed by atoms with Crippen molar-refractivity contribution in [2.24, 2.45) is 18.7 Å². The Morgan fingerprint density at radius 1 is 1.26 bits per heavy atom. The van der Waals surface area contributed by atoms with E-state index < -0.39 is 0 Å². The second-order valence-electron chi connectivity index (χ2n) is 5.32. The number of nitrogens with two attached hydrogens (primary N) is 1. The molecule has 102 valence electrons. The molecule has 3 nitrogen and oxygen atoms in total. The molecule has 0 fully saturated rings. The minimum atomic E-state index is 0.701. The first-order valence-electron chi connectivity index (χ1n) is 6.97. The quantitative estimate of drug-likeness (QED) is 0.864. The van der Waals surface area contributed by atoms with E-state index >= 15 is 0 Å². The lowest BCUT2D eigenvalue weighted by Gasteiger charge is -2.10. The van der Waals surface area contributed by atoms with Crippen LogP contribution in [0.15, 0.2) is 36.7 Å². The Balaban J connectivity index is 2.03. The lowest BCUT2D eigenvalue weighted by atomic mass is 9.97. The molecule has 0 aliphatic carbocycles. The predicted octanol–water partition coefficient (Wildman–Crippen LogP) is 3.00. The van der Waals surface area contributed by atoms with E-state index in [1.54, 1.807) is 0 Å². The summed E-state index contributed by atoms with van der Waals surface area (Å²) < 4.78 is 1.84. The molecule has 19 heavy (non-hydrogen) atoms. The molecule has 1 aromatic heterocycles. The van der Waals surface area contributed by atoms with E-state index in [1.807, 2.05) is 17.9 Å². The first-order valence-corrected chi connectivity index (χ1v) is 6.97. The van der Waals surface area contributed by atoms with Crippen LogP contribution in [-0.2, 0) is 13.5 Å². The van der Waals surface area contributed by atoms with Gasteiger partial charge < -0.3 is 5.73 Å². The number of aryl methyl sites for hydroxylation is 2. The minimum Gasteiger partial charge on any atom is -0.330 e. The third-order valence-electron chi connectivity index (χ3n) is 3.55. The van der Waals surface area contributed by atoms with Crippen molar-refractivity contribution in [2.45, 2.75) is 26.2 Å². The molecular weight excluding hydrogens is 234 g/mol. The molecule has 3 heteroatoms. The Morgan fingerprint density at radius 2 is 2.11 bits per heavy atom. The topological polar surface area (TPSA) is 43.8 Å². The minimum absolute atomic E-state index is 0.701. The predicted molar refractivity (Wildman–Crippen MR) is 79.8 cm³/mol. The molecule has 0 radical (unpaired) electrons. The molecule has 1 atom stereocenters. The van der Waals surface area contributed by atoms with Gasteiger partial charge in [0.2, 0.25) is 0 Å². The van der Waals surface area contributed by atoms with Crippen molar-refractivity contribution in [3.63, 3.8) is 0 Å². The smallest absolute Gasteiger partial charge is 0.0568 e. The average molecular weight is 257 g/mol. The monoisotopic (exact) mass is 257 g/mol. The molecule has 0 amide bonds. The molecule has 0 saturated heterocycles. The van der Waals surface area contributed by atoms with Gasteiger partial charge in [-0.1, -0.05) is 31.2 Å². The van der Waals surface area contributed by atoms with Crippen LogP contribution in [0.1, 0.15) is 25.3 Å². The van der Waals surface area contributed by atoms with Gasteiger partial charge >= 0.3 is 0 Å². The van der Waals surface area contributed by atoms with Crippen LogP contribution in [0.3, 0.4) is 0 Å². The Kier molecular flexibility index (Phi) is 4.74. The van der Waals surface area contributed by atoms with Gasteiger partial charge in [-0.25, -0.2) is 0 Å². The van der Waals surface area contributed by atoms with Crippen molar-refractivity contribution in [2.75, 3.05) is 6.54 Å². The van der Waals surface area contributed by atoms with Gasteiger partial charge in [0.1, 0.15) is 0 Å². The maximum Gasteiger partial charge on any atom is 0.0568 e. The van der Waals surface area contributed by atoms with Gasteiger partial charge in [-0.05, 0) is 42.9 Å². The molecule has 2 aromatic rings. The maximum atomic E-state index is 5.59. The first kappa shape index (κ1) is 13.8. The Bertz CT molecular complexity index is 516. The summed E-state index contributed by atoms with van der Waals surface area (Å²) in [5.74, 6) is 0.701. The van der Waals surface area contributed by atoms with E-state index in [1.165, 1.54) is 23.1 Å². The van der Waals surface area contributed by atoms with Crippen LogP contribution in [-0.4, -0.2) is 16.3 Å². The molecule has 2 N–H and O–H groups in total. The van der Waals surface area contributed by atoms with Crippen LogP contribution >= 0.6 is 0 Å². The van der Waals surface area contributed by atoms with Crippen LogP contribution in [0.2, 0.25) is 0 Å². The van der Waals surface area contributed by atoms with Gasteiger partial charge in [0, 0.05) is 18.8 Å². The lowest BCUT2D eigenvalue weighted by molar-refractivity contribution is 0.500. The lowest BCUT2D eigenvalue weighted by Crippen LogP contribution is -2.06. The summed E-state index contributed by atoms with van der Waals surface area (Å²) in [6.07, 6.45) is 7.40. The van der Waals surface area contributed by atoms with Gasteiger partial charge in [0.05, 0.1) is 6.20 Å². The SMILES string of the molecule is CC(CCN)CCc1cccc(-c2cnn(C)c2)c1. The van der Waals surface area contributed by atoms with E-state index in [0.29, 0.717) is 5.92 Å². The Morgan fingerprint density at radius 3 is 2.79 bits per heavy atom. The normalized spacial score (nSPS) is 12.6. The van der Waals surface area contributed by atoms with Crippen molar-refractivity contribution in [3.8, 4) is 11.1 Å². The van der Waals surface area contributed by atoms with Crippen LogP contribution in [0.25, 0.3) is 11.1 Å². The van der Waals surface area contributed by atoms with Gasteiger partial charge in [-0.2, -0.15) is 5.10 Å². The molecule has 0 bridgehead atoms. The maximum absolute atomic E-state index is 5.59. The summed E-state index contributed by atoms with van der Waals surface area (Å²) in [7, 11) is 1.95. The summed E-state index contributed by atoms with van der Waals surface area (Å²) in [4.78, 5) is 0. The van der Waals surface area contributed by atoms with Gasteiger partial charge in [0.25, 0.3) is 0 Å². The van der Waals surface area contributed by atoms with Crippen molar-refractivity contribution < 1.29 is 0 Å². The molecule has 1 aromatic carbocycles. The van der Waals surface area contributed by atoms with Crippen LogP contribution in [0.5, 0.6) is 0 Å². The zero-order valence-corrected chi connectivity index (χ0v) is 11.8. The number of nitrogens with zero attached hydrogens (tertiary/aromatic N) is 2. The molecule has 0 aliphatic rings. The summed E-state index contributed by atoms with van der Waals surface area (Å²) in [6.45, 7) is 3.06. The van der Waals surface area contributed by atoms with Gasteiger partial charge in [0.15, 0.2) is 0 Å². The molecular formula is C16H23N3. The second kappa shape index (κ2) is 6.53. The standard InChI is InChI=1S/C16H23N3/c1-13(8-9-17)6-7-14-4-3-5-15(10-14)16-11-18-19(2)12-16/h3-5,10-13H,6-9,17H2,1-2H3. The van der Waals surface area contributed by atoms with Gasteiger partial charge in [-0.15, -0.1) is 0 Å². The first-order chi connectivity index (χ1) is 9.19. The van der Waals surface area contributed by atoms with E-state index in [4.69, 9.17) is 5.73 Å². The van der Waals surface area contributed by atoms with E-state index in [-0.39, 0.29) is 0 Å². The number of rotatable bonds is 6. The van der Waals surface area contributed by atoms with Gasteiger partial charge in [-0.3, -0.25) is 4.68 Å². The van der Waals surface area contributed by atoms with E-state index in [2.05, 4.69) is 42.5 Å². The van der Waals surface area contributed by atoms with Crippen molar-refractivity contribution in [1.29, 1.82) is 0 Å². The summed E-state index contributed by atoms with van der Waals surface area (Å²) in [5.41, 5.74) is 9.41. The fourth-order valence-electron chi connectivity index (χ4n) is 2.32. The zero-order chi connectivity index (χ0) is 13.7. The number of hydrogen-bond donors (Lipinski definition) is 1. The summed E-state index contributed by atoms with van der Waals surface area (Å²) in [6, 6.07) is 8.75. The van der Waals surface area contributed by atoms with E-state index in [0.717, 1.165) is 19.4 Å². The molecule has 1 heterocycles. The average Bonchev–Trinajstić information content (AvgIpc) is 2.84. The van der Waals surface area contributed by atoms with Crippen molar-refractivity contribution in [3.05, 3.63) is 42.2 Å². The Hall–Kier alpha value is -1.61. The second-order valence-corrected chi connectivity index (χ2v) is 5.32. The van der Waals surface area contributed by atoms with Crippen LogP contribution < -0.4 is 5.73 Å². The summed E-state index contributed by atoms with van der Waals surface area (Å²) >= 11 is 0. The fourth-order valence-corrected chi connectivity index (χ4v) is 2.32. The van der Waals surface area contributed by atoms with Crippen molar-refractivity contribution >= 4 is 0 Å². The largest absolute Gasteiger partial charge is 0.330 e. The highest BCUT2D eigenvalue weighted by atomic mass is 15.2. The summed E-state index contributed by atoms with van der Waals surface area (Å²) in [5, 5.41) is 4.22. The third-order valence-corrected chi connectivity index (χ3v) is 3.55. The molecule has 2 rings (SSSR count). The Labute approximate surface area is 115 Å². The highest BCUT2D eigenvalue weighted by Crippen LogP contribution is 2.21. The van der Waals surface area contributed by atoms with Crippen LogP contribution in [0, 0.1) is 5.92 Å². The third kappa shape index (κ3) is 3.93. The number of benzene rings is 1. The highest BCUT2D eigenvalue weighted by Gasteiger charge is 2.04.